The van der Waals surface area contributed by atoms with E-state index in [4.69, 9.17) is 9.47 Å². The van der Waals surface area contributed by atoms with E-state index in [-0.39, 0.29) is 12.5 Å². The number of hydrogen-bond donors (Lipinski definition) is 1. The van der Waals surface area contributed by atoms with Gasteiger partial charge in [-0.1, -0.05) is 18.2 Å². The molecule has 3 aromatic carbocycles. The number of nitrogens with zero attached hydrogens (tertiary/aromatic N) is 3. The van der Waals surface area contributed by atoms with Crippen molar-refractivity contribution < 1.29 is 14.3 Å². The van der Waals surface area contributed by atoms with Crippen molar-refractivity contribution in [1.29, 1.82) is 0 Å². The summed E-state index contributed by atoms with van der Waals surface area (Å²) in [5.41, 5.74) is 4.82. The number of carbonyl (C=O) groups excluding carboxylic acids is 1. The van der Waals surface area contributed by atoms with E-state index in [2.05, 4.69) is 15.5 Å². The van der Waals surface area contributed by atoms with Crippen molar-refractivity contribution in [3.63, 3.8) is 0 Å². The Kier molecular flexibility index (Phi) is 5.34. The second-order valence-corrected chi connectivity index (χ2v) is 6.95. The van der Waals surface area contributed by atoms with Crippen LogP contribution in [0.15, 0.2) is 60.7 Å². The number of aryl methyl sites for hydroxylation is 2. The zero-order valence-electron chi connectivity index (χ0n) is 17.0. The van der Waals surface area contributed by atoms with Crippen LogP contribution in [0, 0.1) is 13.8 Å². The highest BCUT2D eigenvalue weighted by Crippen LogP contribution is 2.23. The Morgan fingerprint density at radius 3 is 2.37 bits per heavy atom. The van der Waals surface area contributed by atoms with Gasteiger partial charge in [0.2, 0.25) is 0 Å². The predicted octanol–water partition coefficient (Wildman–Crippen LogP) is 4.06. The van der Waals surface area contributed by atoms with Crippen LogP contribution in [0.1, 0.15) is 11.1 Å². The molecule has 0 fully saturated rings. The molecule has 0 bridgehead atoms. The number of carbonyl (C=O) groups is 1. The number of fused-ring (bicyclic) bond motifs is 1. The normalized spacial score (nSPS) is 10.8. The van der Waals surface area contributed by atoms with Crippen LogP contribution in [-0.2, 0) is 4.79 Å². The number of anilines is 1. The summed E-state index contributed by atoms with van der Waals surface area (Å²) in [7, 11) is 1.63. The highest BCUT2D eigenvalue weighted by atomic mass is 16.5. The third kappa shape index (κ3) is 4.10. The van der Waals surface area contributed by atoms with Gasteiger partial charge in [-0.15, -0.1) is 10.2 Å². The van der Waals surface area contributed by atoms with Crippen LogP contribution in [0.2, 0.25) is 0 Å². The molecule has 1 amide bonds. The van der Waals surface area contributed by atoms with E-state index in [1.807, 2.05) is 74.5 Å². The molecular weight excluding hydrogens is 380 g/mol. The Labute approximate surface area is 174 Å². The zero-order valence-corrected chi connectivity index (χ0v) is 17.0. The van der Waals surface area contributed by atoms with Gasteiger partial charge in [0.15, 0.2) is 6.61 Å². The van der Waals surface area contributed by atoms with Gasteiger partial charge in [-0.25, -0.2) is 0 Å². The Hall–Kier alpha value is -3.87. The molecule has 1 heterocycles. The monoisotopic (exact) mass is 402 g/mol. The molecule has 152 valence electrons. The fourth-order valence-electron chi connectivity index (χ4n) is 3.08. The van der Waals surface area contributed by atoms with Crippen LogP contribution in [-0.4, -0.2) is 34.6 Å². The van der Waals surface area contributed by atoms with Crippen LogP contribution in [0.25, 0.3) is 16.7 Å². The van der Waals surface area contributed by atoms with E-state index in [1.165, 1.54) is 0 Å². The molecule has 0 atom stereocenters. The Morgan fingerprint density at radius 1 is 0.967 bits per heavy atom. The second kappa shape index (κ2) is 8.24. The molecule has 30 heavy (non-hydrogen) atoms. The number of aromatic nitrogens is 3. The highest BCUT2D eigenvalue weighted by molar-refractivity contribution is 5.95. The molecule has 4 aromatic rings. The van der Waals surface area contributed by atoms with E-state index in [1.54, 1.807) is 11.9 Å². The smallest absolute Gasteiger partial charge is 0.262 e. The number of amides is 1. The van der Waals surface area contributed by atoms with Gasteiger partial charge in [0.25, 0.3) is 5.91 Å². The lowest BCUT2D eigenvalue weighted by Gasteiger charge is -2.10. The quantitative estimate of drug-likeness (QED) is 0.526. The molecule has 0 radical (unpaired) electrons. The third-order valence-corrected chi connectivity index (χ3v) is 4.76. The number of benzene rings is 3. The van der Waals surface area contributed by atoms with Crippen molar-refractivity contribution in [1.82, 2.24) is 15.0 Å². The van der Waals surface area contributed by atoms with Gasteiger partial charge in [0.05, 0.1) is 12.8 Å². The predicted molar refractivity (Wildman–Crippen MR) is 115 cm³/mol. The van der Waals surface area contributed by atoms with Gasteiger partial charge >= 0.3 is 0 Å². The lowest BCUT2D eigenvalue weighted by molar-refractivity contribution is -0.118. The largest absolute Gasteiger partial charge is 0.497 e. The Balaban J connectivity index is 1.50. The van der Waals surface area contributed by atoms with E-state index in [0.717, 1.165) is 28.1 Å². The molecule has 0 unspecified atom stereocenters. The molecule has 0 aliphatic rings. The number of hydrogen-bond acceptors (Lipinski definition) is 5. The van der Waals surface area contributed by atoms with Crippen molar-refractivity contribution >= 4 is 22.6 Å². The average Bonchev–Trinajstić information content (AvgIpc) is 3.16. The topological polar surface area (TPSA) is 78.3 Å². The van der Waals surface area contributed by atoms with Crippen molar-refractivity contribution in [2.75, 3.05) is 19.0 Å². The molecule has 1 N–H and O–H groups in total. The van der Waals surface area contributed by atoms with Gasteiger partial charge in [0.1, 0.15) is 22.5 Å². The standard InChI is InChI=1S/C23H22N4O3/c1-15-6-4-5-7-22(15)30-14-23(28)24-19-13-21-20(12-16(19)2)25-27(26-21)17-8-10-18(29-3)11-9-17/h4-13H,14H2,1-3H3,(H,24,28). The second-order valence-electron chi connectivity index (χ2n) is 6.95. The van der Waals surface area contributed by atoms with Crippen molar-refractivity contribution in [3.8, 4) is 17.2 Å². The van der Waals surface area contributed by atoms with Gasteiger partial charge in [0, 0.05) is 5.69 Å². The maximum atomic E-state index is 12.4. The van der Waals surface area contributed by atoms with Crippen LogP contribution in [0.5, 0.6) is 11.5 Å². The summed E-state index contributed by atoms with van der Waals surface area (Å²) in [6.45, 7) is 3.79. The number of rotatable bonds is 6. The molecule has 4 rings (SSSR count). The molecule has 0 saturated carbocycles. The molecule has 1 aromatic heterocycles. The van der Waals surface area contributed by atoms with Gasteiger partial charge < -0.3 is 14.8 Å². The first-order valence-electron chi connectivity index (χ1n) is 9.54. The molecule has 7 heteroatoms. The first-order valence-corrected chi connectivity index (χ1v) is 9.54. The summed E-state index contributed by atoms with van der Waals surface area (Å²) in [4.78, 5) is 13.9. The molecule has 0 saturated heterocycles. The first kappa shape index (κ1) is 19.4. The minimum absolute atomic E-state index is 0.0686. The molecule has 7 nitrogen and oxygen atoms in total. The summed E-state index contributed by atoms with van der Waals surface area (Å²) in [6, 6.07) is 18.8. The summed E-state index contributed by atoms with van der Waals surface area (Å²) >= 11 is 0. The fourth-order valence-corrected chi connectivity index (χ4v) is 3.08. The van der Waals surface area contributed by atoms with Gasteiger partial charge in [-0.3, -0.25) is 4.79 Å². The van der Waals surface area contributed by atoms with E-state index < -0.39 is 0 Å². The van der Waals surface area contributed by atoms with E-state index in [0.29, 0.717) is 17.0 Å². The summed E-state index contributed by atoms with van der Waals surface area (Å²) < 4.78 is 10.8. The third-order valence-electron chi connectivity index (χ3n) is 4.76. The number of methoxy groups -OCH3 is 1. The zero-order chi connectivity index (χ0) is 21.1. The SMILES string of the molecule is COc1ccc(-n2nc3cc(C)c(NC(=O)COc4ccccc4C)cc3n2)cc1. The summed E-state index contributed by atoms with van der Waals surface area (Å²) in [5, 5.41) is 12.0. The first-order chi connectivity index (χ1) is 14.5. The lowest BCUT2D eigenvalue weighted by Crippen LogP contribution is -2.20. The Bertz CT molecular complexity index is 1200. The average molecular weight is 402 g/mol. The van der Waals surface area contributed by atoms with Crippen LogP contribution >= 0.6 is 0 Å². The number of para-hydroxylation sites is 1. The van der Waals surface area contributed by atoms with Crippen LogP contribution in [0.4, 0.5) is 5.69 Å². The summed E-state index contributed by atoms with van der Waals surface area (Å²) in [6.07, 6.45) is 0. The molecular formula is C23H22N4O3. The van der Waals surface area contributed by atoms with Gasteiger partial charge in [-0.2, -0.15) is 4.80 Å². The molecule has 0 aliphatic heterocycles. The maximum absolute atomic E-state index is 12.4. The maximum Gasteiger partial charge on any atom is 0.262 e. The molecule has 0 spiro atoms. The summed E-state index contributed by atoms with van der Waals surface area (Å²) in [5.74, 6) is 1.23. The van der Waals surface area contributed by atoms with E-state index in [9.17, 15) is 4.79 Å². The highest BCUT2D eigenvalue weighted by Gasteiger charge is 2.12. The van der Waals surface area contributed by atoms with E-state index >= 15 is 0 Å². The minimum atomic E-state index is -0.233. The Morgan fingerprint density at radius 2 is 1.67 bits per heavy atom. The van der Waals surface area contributed by atoms with Gasteiger partial charge in [-0.05, 0) is 67.4 Å². The van der Waals surface area contributed by atoms with Crippen LogP contribution in [0.3, 0.4) is 0 Å². The molecule has 0 aliphatic carbocycles. The van der Waals surface area contributed by atoms with Crippen LogP contribution < -0.4 is 14.8 Å². The fraction of sp³-hybridized carbons (Fsp3) is 0.174. The van der Waals surface area contributed by atoms with Crippen molar-refractivity contribution in [3.05, 3.63) is 71.8 Å². The lowest BCUT2D eigenvalue weighted by atomic mass is 10.1. The van der Waals surface area contributed by atoms with Crippen molar-refractivity contribution in [2.24, 2.45) is 0 Å². The number of ether oxygens (including phenoxy) is 2. The minimum Gasteiger partial charge on any atom is -0.497 e. The van der Waals surface area contributed by atoms with Crippen molar-refractivity contribution in [2.45, 2.75) is 13.8 Å². The number of nitrogens with one attached hydrogen (secondary N) is 1.